The molecule has 4 atom stereocenters. The molecule has 2 fully saturated rings. The SMILES string of the molecule is CC(NC(=O)c1csc(I)c1)C1CC2CCC1C2. The third kappa shape index (κ3) is 2.46. The number of fused-ring (bicyclic) bond motifs is 2. The van der Waals surface area contributed by atoms with Gasteiger partial charge in [0.2, 0.25) is 0 Å². The van der Waals surface area contributed by atoms with Crippen molar-refractivity contribution in [2.75, 3.05) is 0 Å². The Balaban J connectivity index is 1.61. The monoisotopic (exact) mass is 375 g/mol. The van der Waals surface area contributed by atoms with Crippen LogP contribution < -0.4 is 5.32 Å². The molecule has 0 aromatic carbocycles. The third-order valence-corrected chi connectivity index (χ3v) is 6.41. The van der Waals surface area contributed by atoms with Gasteiger partial charge < -0.3 is 5.32 Å². The zero-order valence-electron chi connectivity index (χ0n) is 10.5. The van der Waals surface area contributed by atoms with Crippen molar-refractivity contribution in [3.05, 3.63) is 19.9 Å². The lowest BCUT2D eigenvalue weighted by molar-refractivity contribution is 0.0915. The number of nitrogens with one attached hydrogen (secondary N) is 1. The molecule has 0 radical (unpaired) electrons. The van der Waals surface area contributed by atoms with Crippen LogP contribution in [0.15, 0.2) is 11.4 Å². The van der Waals surface area contributed by atoms with E-state index in [0.717, 1.165) is 17.4 Å². The van der Waals surface area contributed by atoms with Crippen LogP contribution in [0.2, 0.25) is 0 Å². The maximum atomic E-state index is 12.1. The van der Waals surface area contributed by atoms with Gasteiger partial charge in [0.1, 0.15) is 0 Å². The van der Waals surface area contributed by atoms with Gasteiger partial charge in [-0.15, -0.1) is 11.3 Å². The maximum absolute atomic E-state index is 12.1. The Labute approximate surface area is 126 Å². The molecule has 98 valence electrons. The van der Waals surface area contributed by atoms with Crippen LogP contribution in [-0.2, 0) is 0 Å². The van der Waals surface area contributed by atoms with Gasteiger partial charge in [0.25, 0.3) is 5.91 Å². The number of hydrogen-bond donors (Lipinski definition) is 1. The van der Waals surface area contributed by atoms with Gasteiger partial charge in [0.15, 0.2) is 0 Å². The van der Waals surface area contributed by atoms with E-state index in [4.69, 9.17) is 0 Å². The zero-order valence-corrected chi connectivity index (χ0v) is 13.5. The van der Waals surface area contributed by atoms with Crippen LogP contribution in [0, 0.1) is 20.6 Å². The summed E-state index contributed by atoms with van der Waals surface area (Å²) in [7, 11) is 0. The summed E-state index contributed by atoms with van der Waals surface area (Å²) in [6.45, 7) is 2.18. The first-order chi connectivity index (χ1) is 8.63. The number of hydrogen-bond acceptors (Lipinski definition) is 2. The Bertz CT molecular complexity index is 458. The van der Waals surface area contributed by atoms with Crippen molar-refractivity contribution in [1.82, 2.24) is 5.32 Å². The molecule has 3 rings (SSSR count). The van der Waals surface area contributed by atoms with E-state index in [1.807, 2.05) is 11.4 Å². The number of carbonyl (C=O) groups is 1. The first-order valence-corrected chi connectivity index (χ1v) is 8.64. The van der Waals surface area contributed by atoms with Crippen LogP contribution in [0.5, 0.6) is 0 Å². The molecule has 4 unspecified atom stereocenters. The van der Waals surface area contributed by atoms with Crippen LogP contribution >= 0.6 is 33.9 Å². The van der Waals surface area contributed by atoms with Crippen molar-refractivity contribution in [1.29, 1.82) is 0 Å². The molecule has 1 aromatic heterocycles. The summed E-state index contributed by atoms with van der Waals surface area (Å²) in [5, 5.41) is 5.15. The lowest BCUT2D eigenvalue weighted by Crippen LogP contribution is -2.39. The minimum Gasteiger partial charge on any atom is -0.349 e. The fourth-order valence-corrected chi connectivity index (χ4v) is 5.06. The number of halogens is 1. The molecule has 1 heterocycles. The van der Waals surface area contributed by atoms with Crippen molar-refractivity contribution in [3.8, 4) is 0 Å². The van der Waals surface area contributed by atoms with Gasteiger partial charge in [-0.25, -0.2) is 0 Å². The Kier molecular flexibility index (Phi) is 3.67. The third-order valence-electron chi connectivity index (χ3n) is 4.62. The number of thiophene rings is 1. The molecular weight excluding hydrogens is 357 g/mol. The van der Waals surface area contributed by atoms with E-state index < -0.39 is 0 Å². The lowest BCUT2D eigenvalue weighted by atomic mass is 9.84. The predicted molar refractivity (Wildman–Crippen MR) is 82.9 cm³/mol. The van der Waals surface area contributed by atoms with Crippen molar-refractivity contribution >= 4 is 39.8 Å². The zero-order chi connectivity index (χ0) is 12.7. The second kappa shape index (κ2) is 5.12. The van der Waals surface area contributed by atoms with Crippen LogP contribution in [0.3, 0.4) is 0 Å². The normalized spacial score (nSPS) is 31.6. The van der Waals surface area contributed by atoms with Crippen LogP contribution in [0.25, 0.3) is 0 Å². The molecule has 2 nitrogen and oxygen atoms in total. The first-order valence-electron chi connectivity index (χ1n) is 6.68. The van der Waals surface area contributed by atoms with Gasteiger partial charge in [-0.05, 0) is 72.6 Å². The second-order valence-corrected chi connectivity index (χ2v) is 8.55. The topological polar surface area (TPSA) is 29.1 Å². The van der Waals surface area contributed by atoms with Crippen molar-refractivity contribution in [3.63, 3.8) is 0 Å². The molecule has 2 aliphatic rings. The predicted octanol–water partition coefficient (Wildman–Crippen LogP) is 3.91. The van der Waals surface area contributed by atoms with E-state index in [9.17, 15) is 4.79 Å². The smallest absolute Gasteiger partial charge is 0.252 e. The van der Waals surface area contributed by atoms with E-state index in [2.05, 4.69) is 34.8 Å². The number of rotatable bonds is 3. The molecule has 4 heteroatoms. The molecule has 1 aromatic rings. The Morgan fingerprint density at radius 2 is 2.33 bits per heavy atom. The molecule has 0 spiro atoms. The largest absolute Gasteiger partial charge is 0.349 e. The highest BCUT2D eigenvalue weighted by molar-refractivity contribution is 14.1. The van der Waals surface area contributed by atoms with E-state index in [0.29, 0.717) is 12.0 Å². The molecule has 2 aliphatic carbocycles. The van der Waals surface area contributed by atoms with Crippen molar-refractivity contribution < 1.29 is 4.79 Å². The van der Waals surface area contributed by atoms with Crippen molar-refractivity contribution in [2.45, 2.75) is 38.6 Å². The molecule has 1 amide bonds. The summed E-state index contributed by atoms with van der Waals surface area (Å²) in [5.74, 6) is 2.63. The minimum atomic E-state index is 0.101. The van der Waals surface area contributed by atoms with Gasteiger partial charge >= 0.3 is 0 Å². The van der Waals surface area contributed by atoms with Gasteiger partial charge in [-0.2, -0.15) is 0 Å². The highest BCUT2D eigenvalue weighted by Gasteiger charge is 2.42. The average Bonchev–Trinajstić information content (AvgIpc) is 3.03. The van der Waals surface area contributed by atoms with Crippen LogP contribution in [0.4, 0.5) is 0 Å². The van der Waals surface area contributed by atoms with Gasteiger partial charge in [-0.1, -0.05) is 6.42 Å². The van der Waals surface area contributed by atoms with Gasteiger partial charge in [0, 0.05) is 11.4 Å². The first kappa shape index (κ1) is 12.9. The van der Waals surface area contributed by atoms with Crippen LogP contribution in [0.1, 0.15) is 43.0 Å². The van der Waals surface area contributed by atoms with Gasteiger partial charge in [-0.3, -0.25) is 4.79 Å². The second-order valence-electron chi connectivity index (χ2n) is 5.74. The van der Waals surface area contributed by atoms with E-state index in [-0.39, 0.29) is 5.91 Å². The summed E-state index contributed by atoms with van der Waals surface area (Å²) in [6.07, 6.45) is 5.53. The Hall–Kier alpha value is -0.100. The highest BCUT2D eigenvalue weighted by Crippen LogP contribution is 2.49. The highest BCUT2D eigenvalue weighted by atomic mass is 127. The summed E-state index contributed by atoms with van der Waals surface area (Å²) >= 11 is 3.89. The quantitative estimate of drug-likeness (QED) is 0.798. The molecule has 0 saturated heterocycles. The van der Waals surface area contributed by atoms with E-state index in [1.54, 1.807) is 11.3 Å². The van der Waals surface area contributed by atoms with Crippen molar-refractivity contribution in [2.24, 2.45) is 17.8 Å². The van der Waals surface area contributed by atoms with E-state index >= 15 is 0 Å². The molecule has 2 saturated carbocycles. The number of carbonyl (C=O) groups excluding carboxylic acids is 1. The Morgan fingerprint density at radius 1 is 1.50 bits per heavy atom. The fourth-order valence-electron chi connectivity index (χ4n) is 3.73. The summed E-state index contributed by atoms with van der Waals surface area (Å²) in [4.78, 5) is 12.1. The van der Waals surface area contributed by atoms with Crippen LogP contribution in [-0.4, -0.2) is 11.9 Å². The molecule has 1 N–H and O–H groups in total. The average molecular weight is 375 g/mol. The number of amides is 1. The molecule has 0 aliphatic heterocycles. The molecular formula is C14H18INOS. The van der Waals surface area contributed by atoms with Gasteiger partial charge in [0.05, 0.1) is 8.45 Å². The standard InChI is InChI=1S/C14H18INOS/c1-8(12-5-9-2-3-10(12)4-9)16-14(17)11-6-13(15)18-7-11/h6-10,12H,2-5H2,1H3,(H,16,17). The van der Waals surface area contributed by atoms with E-state index in [1.165, 1.54) is 28.6 Å². The fraction of sp³-hybridized carbons (Fsp3) is 0.643. The lowest BCUT2D eigenvalue weighted by Gasteiger charge is -2.28. The Morgan fingerprint density at radius 3 is 2.89 bits per heavy atom. The minimum absolute atomic E-state index is 0.101. The molecule has 18 heavy (non-hydrogen) atoms. The summed E-state index contributed by atoms with van der Waals surface area (Å²) < 4.78 is 1.17. The summed E-state index contributed by atoms with van der Waals surface area (Å²) in [5.41, 5.74) is 0.819. The maximum Gasteiger partial charge on any atom is 0.252 e. The summed E-state index contributed by atoms with van der Waals surface area (Å²) in [6, 6.07) is 2.29. The molecule has 2 bridgehead atoms.